The second-order valence-electron chi connectivity index (χ2n) is 5.45. The molecule has 0 aliphatic rings. The number of carbonyl (C=O) groups excluding carboxylic acids is 1. The Balaban J connectivity index is 2.15. The molecule has 0 aliphatic heterocycles. The first-order chi connectivity index (χ1) is 11.9. The highest BCUT2D eigenvalue weighted by atomic mass is 16.5. The number of hydrogen-bond donors (Lipinski definition) is 1. The highest BCUT2D eigenvalue weighted by Gasteiger charge is 2.17. The van der Waals surface area contributed by atoms with E-state index in [-0.39, 0.29) is 11.7 Å². The number of furan rings is 1. The van der Waals surface area contributed by atoms with Gasteiger partial charge in [-0.05, 0) is 44.2 Å². The Hall–Kier alpha value is -2.96. The second-order valence-corrected chi connectivity index (χ2v) is 5.45. The number of carbonyl (C=O) groups is 2. The van der Waals surface area contributed by atoms with Gasteiger partial charge in [-0.3, -0.25) is 4.79 Å². The number of hydrogen-bond acceptors (Lipinski definition) is 5. The molecule has 2 aromatic rings. The molecule has 2 rings (SSSR count). The van der Waals surface area contributed by atoms with Gasteiger partial charge in [0.25, 0.3) is 5.91 Å². The smallest absolute Gasteiger partial charge is 0.341 e. The van der Waals surface area contributed by atoms with Gasteiger partial charge in [-0.25, -0.2) is 4.79 Å². The zero-order valence-electron chi connectivity index (χ0n) is 14.4. The molecule has 0 atom stereocenters. The van der Waals surface area contributed by atoms with Crippen LogP contribution in [0.3, 0.4) is 0 Å². The van der Waals surface area contributed by atoms with E-state index in [1.807, 2.05) is 19.1 Å². The molecule has 1 amide bonds. The average Bonchev–Trinajstić information content (AvgIpc) is 2.98. The van der Waals surface area contributed by atoms with Crippen molar-refractivity contribution < 1.29 is 28.6 Å². The Morgan fingerprint density at radius 1 is 1.16 bits per heavy atom. The largest absolute Gasteiger partial charge is 0.490 e. The van der Waals surface area contributed by atoms with E-state index in [0.29, 0.717) is 30.2 Å². The summed E-state index contributed by atoms with van der Waals surface area (Å²) >= 11 is 0. The standard InChI is InChI=1S/C18H21NO6/c1-4-23-16-9-13(6-8-15(16)24-11-17(20)21)18(22)19(3)10-14-7-5-12(2)25-14/h5-9H,4,10-11H2,1-3H3,(H,20,21). The van der Waals surface area contributed by atoms with Crippen molar-refractivity contribution >= 4 is 11.9 Å². The molecule has 0 saturated carbocycles. The van der Waals surface area contributed by atoms with Crippen molar-refractivity contribution in [1.29, 1.82) is 0 Å². The molecule has 25 heavy (non-hydrogen) atoms. The van der Waals surface area contributed by atoms with Crippen molar-refractivity contribution in [3.63, 3.8) is 0 Å². The maximum atomic E-state index is 12.6. The van der Waals surface area contributed by atoms with Gasteiger partial charge in [0, 0.05) is 12.6 Å². The molecule has 0 fully saturated rings. The first kappa shape index (κ1) is 18.4. The third-order valence-electron chi connectivity index (χ3n) is 3.38. The molecule has 0 aliphatic carbocycles. The van der Waals surface area contributed by atoms with Gasteiger partial charge in [-0.15, -0.1) is 0 Å². The molecule has 1 heterocycles. The molecular formula is C18H21NO6. The summed E-state index contributed by atoms with van der Waals surface area (Å²) in [6.07, 6.45) is 0. The van der Waals surface area contributed by atoms with Gasteiger partial charge in [0.2, 0.25) is 0 Å². The topological polar surface area (TPSA) is 89.2 Å². The fraction of sp³-hybridized carbons (Fsp3) is 0.333. The van der Waals surface area contributed by atoms with E-state index in [0.717, 1.165) is 5.76 Å². The molecule has 134 valence electrons. The van der Waals surface area contributed by atoms with Crippen LogP contribution >= 0.6 is 0 Å². The van der Waals surface area contributed by atoms with Crippen molar-refractivity contribution in [3.05, 3.63) is 47.4 Å². The Morgan fingerprint density at radius 2 is 1.92 bits per heavy atom. The van der Waals surface area contributed by atoms with Crippen LogP contribution in [0.5, 0.6) is 11.5 Å². The number of nitrogens with zero attached hydrogens (tertiary/aromatic N) is 1. The highest BCUT2D eigenvalue weighted by molar-refractivity contribution is 5.94. The van der Waals surface area contributed by atoms with E-state index in [1.54, 1.807) is 26.1 Å². The predicted octanol–water partition coefficient (Wildman–Crippen LogP) is 2.72. The van der Waals surface area contributed by atoms with Crippen LogP contribution in [-0.2, 0) is 11.3 Å². The quantitative estimate of drug-likeness (QED) is 0.790. The van der Waals surface area contributed by atoms with Gasteiger partial charge < -0.3 is 23.9 Å². The van der Waals surface area contributed by atoms with Crippen LogP contribution in [0.4, 0.5) is 0 Å². The number of carboxylic acids is 1. The molecule has 1 aromatic heterocycles. The van der Waals surface area contributed by atoms with Gasteiger partial charge in [0.1, 0.15) is 11.5 Å². The molecule has 1 aromatic carbocycles. The minimum absolute atomic E-state index is 0.209. The lowest BCUT2D eigenvalue weighted by molar-refractivity contribution is -0.139. The maximum absolute atomic E-state index is 12.6. The lowest BCUT2D eigenvalue weighted by atomic mass is 10.1. The average molecular weight is 347 g/mol. The number of ether oxygens (including phenoxy) is 2. The van der Waals surface area contributed by atoms with Crippen LogP contribution in [0.25, 0.3) is 0 Å². The summed E-state index contributed by atoms with van der Waals surface area (Å²) in [6.45, 7) is 3.86. The van der Waals surface area contributed by atoms with Gasteiger partial charge in [0.15, 0.2) is 18.1 Å². The SMILES string of the molecule is CCOc1cc(C(=O)N(C)Cc2ccc(C)o2)ccc1OCC(=O)O. The molecule has 7 nitrogen and oxygen atoms in total. The highest BCUT2D eigenvalue weighted by Crippen LogP contribution is 2.29. The third kappa shape index (κ3) is 5.00. The number of aryl methyl sites for hydroxylation is 1. The number of aliphatic carboxylic acids is 1. The molecule has 0 bridgehead atoms. The van der Waals surface area contributed by atoms with Gasteiger partial charge in [-0.1, -0.05) is 0 Å². The predicted molar refractivity (Wildman–Crippen MR) is 90.0 cm³/mol. The second kappa shape index (κ2) is 8.23. The molecule has 0 unspecified atom stereocenters. The molecule has 0 spiro atoms. The first-order valence-electron chi connectivity index (χ1n) is 7.83. The van der Waals surface area contributed by atoms with E-state index >= 15 is 0 Å². The minimum atomic E-state index is -1.09. The zero-order chi connectivity index (χ0) is 18.4. The summed E-state index contributed by atoms with van der Waals surface area (Å²) in [5, 5.41) is 8.72. The van der Waals surface area contributed by atoms with Crippen LogP contribution in [-0.4, -0.2) is 42.1 Å². The fourth-order valence-electron chi connectivity index (χ4n) is 2.26. The Kier molecular flexibility index (Phi) is 6.05. The summed E-state index contributed by atoms with van der Waals surface area (Å²) in [6, 6.07) is 8.33. The number of amides is 1. The summed E-state index contributed by atoms with van der Waals surface area (Å²) in [7, 11) is 1.68. The van der Waals surface area contributed by atoms with E-state index in [9.17, 15) is 9.59 Å². The number of carboxylic acid groups (broad SMARTS) is 1. The van der Waals surface area contributed by atoms with E-state index in [4.69, 9.17) is 19.0 Å². The molecule has 0 saturated heterocycles. The molecular weight excluding hydrogens is 326 g/mol. The zero-order valence-corrected chi connectivity index (χ0v) is 14.4. The van der Waals surface area contributed by atoms with Crippen molar-refractivity contribution in [2.45, 2.75) is 20.4 Å². The summed E-state index contributed by atoms with van der Waals surface area (Å²) in [5.41, 5.74) is 0.414. The van der Waals surface area contributed by atoms with Crippen LogP contribution in [0, 0.1) is 6.92 Å². The lowest BCUT2D eigenvalue weighted by Gasteiger charge is -2.17. The monoisotopic (exact) mass is 347 g/mol. The summed E-state index contributed by atoms with van der Waals surface area (Å²) in [4.78, 5) is 24.8. The van der Waals surface area contributed by atoms with Crippen molar-refractivity contribution in [3.8, 4) is 11.5 Å². The molecule has 7 heteroatoms. The molecule has 0 radical (unpaired) electrons. The van der Waals surface area contributed by atoms with Crippen molar-refractivity contribution in [2.75, 3.05) is 20.3 Å². The summed E-state index contributed by atoms with van der Waals surface area (Å²) < 4.78 is 16.1. The third-order valence-corrected chi connectivity index (χ3v) is 3.38. The fourth-order valence-corrected chi connectivity index (χ4v) is 2.26. The van der Waals surface area contributed by atoms with E-state index in [1.165, 1.54) is 11.0 Å². The van der Waals surface area contributed by atoms with Gasteiger partial charge in [0.05, 0.1) is 13.2 Å². The number of rotatable bonds is 8. The Bertz CT molecular complexity index is 752. The minimum Gasteiger partial charge on any atom is -0.490 e. The Morgan fingerprint density at radius 3 is 2.52 bits per heavy atom. The van der Waals surface area contributed by atoms with Crippen LogP contribution in [0.15, 0.2) is 34.7 Å². The van der Waals surface area contributed by atoms with E-state index < -0.39 is 12.6 Å². The van der Waals surface area contributed by atoms with Gasteiger partial charge in [-0.2, -0.15) is 0 Å². The number of benzene rings is 1. The normalized spacial score (nSPS) is 10.4. The Labute approximate surface area is 145 Å². The first-order valence-corrected chi connectivity index (χ1v) is 7.83. The van der Waals surface area contributed by atoms with Crippen molar-refractivity contribution in [1.82, 2.24) is 4.90 Å². The maximum Gasteiger partial charge on any atom is 0.341 e. The van der Waals surface area contributed by atoms with Gasteiger partial charge >= 0.3 is 5.97 Å². The van der Waals surface area contributed by atoms with Crippen LogP contribution in [0.2, 0.25) is 0 Å². The van der Waals surface area contributed by atoms with Crippen LogP contribution < -0.4 is 9.47 Å². The summed E-state index contributed by atoms with van der Waals surface area (Å²) in [5.74, 6) is 0.798. The van der Waals surface area contributed by atoms with E-state index in [2.05, 4.69) is 0 Å². The lowest BCUT2D eigenvalue weighted by Crippen LogP contribution is -2.26. The molecule has 1 N–H and O–H groups in total. The van der Waals surface area contributed by atoms with Crippen molar-refractivity contribution in [2.24, 2.45) is 0 Å². The van der Waals surface area contributed by atoms with Crippen LogP contribution in [0.1, 0.15) is 28.8 Å².